The minimum Gasteiger partial charge on any atom is -0.497 e. The number of aliphatic imine (C=N–C) groups is 1. The number of nitrogens with one attached hydrogen (secondary N) is 1. The fourth-order valence-corrected chi connectivity index (χ4v) is 2.84. The van der Waals surface area contributed by atoms with Crippen LogP contribution in [0.1, 0.15) is 44.4 Å². The zero-order valence-electron chi connectivity index (χ0n) is 19.2. The average molecular weight is 435 g/mol. The Bertz CT molecular complexity index is 1020. The number of ether oxygens (including phenoxy) is 2. The molecule has 0 aliphatic rings. The first kappa shape index (κ1) is 24.5. The maximum absolute atomic E-state index is 12.3. The molecule has 0 bridgehead atoms. The molecule has 0 aromatic heterocycles. The lowest BCUT2D eigenvalue weighted by atomic mass is 9.86. The largest absolute Gasteiger partial charge is 0.497 e. The number of nitrogens with zero attached hydrogens (tertiary/aromatic N) is 2. The Morgan fingerprint density at radius 3 is 2.25 bits per heavy atom. The molecule has 0 saturated carbocycles. The van der Waals surface area contributed by atoms with Crippen molar-refractivity contribution in [2.45, 2.75) is 39.7 Å². The number of amidine groups is 1. The third kappa shape index (κ3) is 6.61. The van der Waals surface area contributed by atoms with Gasteiger partial charge in [0.1, 0.15) is 17.7 Å². The summed E-state index contributed by atoms with van der Waals surface area (Å²) in [6.45, 7) is 8.52. The van der Waals surface area contributed by atoms with Crippen molar-refractivity contribution >= 4 is 11.8 Å². The second-order valence-electron chi connectivity index (χ2n) is 8.08. The van der Waals surface area contributed by atoms with E-state index in [-0.39, 0.29) is 29.3 Å². The fourth-order valence-electron chi connectivity index (χ4n) is 2.84. The van der Waals surface area contributed by atoms with E-state index in [2.05, 4.69) is 31.1 Å². The SMILES string of the molecule is CCOC(=O)/C(C#N)=C(\N=C(/N)c1ccc(C(C)(C)C)cc1)NCc1ccc(OC)cc1. The second-order valence-corrected chi connectivity index (χ2v) is 8.08. The van der Waals surface area contributed by atoms with Gasteiger partial charge in [-0.3, -0.25) is 0 Å². The molecule has 7 nitrogen and oxygen atoms in total. The fraction of sp³-hybridized carbons (Fsp3) is 0.320. The molecule has 0 spiro atoms. The second kappa shape index (κ2) is 11.0. The van der Waals surface area contributed by atoms with Gasteiger partial charge < -0.3 is 20.5 Å². The summed E-state index contributed by atoms with van der Waals surface area (Å²) in [6.07, 6.45) is 0. The molecular formula is C25H30N4O3. The topological polar surface area (TPSA) is 110 Å². The van der Waals surface area contributed by atoms with Gasteiger partial charge in [-0.2, -0.15) is 5.26 Å². The number of carbonyl (C=O) groups excluding carboxylic acids is 1. The molecule has 0 amide bonds. The summed E-state index contributed by atoms with van der Waals surface area (Å²) in [6, 6.07) is 17.0. The van der Waals surface area contributed by atoms with Crippen molar-refractivity contribution in [3.8, 4) is 11.8 Å². The number of nitrogens with two attached hydrogens (primary N) is 1. The summed E-state index contributed by atoms with van der Waals surface area (Å²) in [4.78, 5) is 16.7. The van der Waals surface area contributed by atoms with Crippen molar-refractivity contribution in [1.29, 1.82) is 5.26 Å². The number of esters is 1. The van der Waals surface area contributed by atoms with E-state index in [4.69, 9.17) is 15.2 Å². The summed E-state index contributed by atoms with van der Waals surface area (Å²) < 4.78 is 10.2. The lowest BCUT2D eigenvalue weighted by Gasteiger charge is -2.19. The van der Waals surface area contributed by atoms with Crippen LogP contribution in [0.3, 0.4) is 0 Å². The monoisotopic (exact) mass is 434 g/mol. The third-order valence-corrected chi connectivity index (χ3v) is 4.73. The van der Waals surface area contributed by atoms with Gasteiger partial charge in [-0.1, -0.05) is 57.2 Å². The van der Waals surface area contributed by atoms with Gasteiger partial charge in [0.15, 0.2) is 11.4 Å². The normalized spacial score (nSPS) is 12.4. The zero-order chi connectivity index (χ0) is 23.7. The summed E-state index contributed by atoms with van der Waals surface area (Å²) in [7, 11) is 1.60. The highest BCUT2D eigenvalue weighted by Gasteiger charge is 2.18. The summed E-state index contributed by atoms with van der Waals surface area (Å²) in [5.74, 6) is 0.209. The Labute approximate surface area is 189 Å². The van der Waals surface area contributed by atoms with E-state index in [0.717, 1.165) is 16.9 Å². The summed E-state index contributed by atoms with van der Waals surface area (Å²) in [5, 5.41) is 12.6. The maximum atomic E-state index is 12.3. The van der Waals surface area contributed by atoms with Crippen LogP contribution in [-0.4, -0.2) is 25.5 Å². The number of methoxy groups -OCH3 is 1. The Kier molecular flexibility index (Phi) is 8.42. The van der Waals surface area contributed by atoms with E-state index in [1.54, 1.807) is 14.0 Å². The van der Waals surface area contributed by atoms with Gasteiger partial charge in [0.05, 0.1) is 13.7 Å². The average Bonchev–Trinajstić information content (AvgIpc) is 2.77. The van der Waals surface area contributed by atoms with Gasteiger partial charge in [0.2, 0.25) is 0 Å². The summed E-state index contributed by atoms with van der Waals surface area (Å²) in [5.41, 5.74) is 8.74. The molecule has 0 unspecified atom stereocenters. The van der Waals surface area contributed by atoms with Crippen molar-refractivity contribution in [2.24, 2.45) is 10.7 Å². The highest BCUT2D eigenvalue weighted by molar-refractivity contribution is 5.99. The van der Waals surface area contributed by atoms with E-state index >= 15 is 0 Å². The van der Waals surface area contributed by atoms with E-state index in [0.29, 0.717) is 12.1 Å². The van der Waals surface area contributed by atoms with Crippen LogP contribution in [-0.2, 0) is 21.5 Å². The predicted molar refractivity (Wildman–Crippen MR) is 125 cm³/mol. The van der Waals surface area contributed by atoms with Crippen LogP contribution in [0.2, 0.25) is 0 Å². The molecule has 32 heavy (non-hydrogen) atoms. The van der Waals surface area contributed by atoms with Crippen molar-refractivity contribution in [3.05, 3.63) is 76.6 Å². The molecule has 0 saturated heterocycles. The lowest BCUT2D eigenvalue weighted by molar-refractivity contribution is -0.138. The smallest absolute Gasteiger partial charge is 0.352 e. The molecule has 2 aromatic rings. The first-order valence-corrected chi connectivity index (χ1v) is 10.3. The zero-order valence-corrected chi connectivity index (χ0v) is 19.2. The highest BCUT2D eigenvalue weighted by Crippen LogP contribution is 2.22. The minimum absolute atomic E-state index is 0.00725. The van der Waals surface area contributed by atoms with Crippen LogP contribution in [0.25, 0.3) is 0 Å². The molecule has 3 N–H and O–H groups in total. The molecular weight excluding hydrogens is 404 g/mol. The number of hydrogen-bond donors (Lipinski definition) is 2. The van der Waals surface area contributed by atoms with Crippen LogP contribution in [0.4, 0.5) is 0 Å². The van der Waals surface area contributed by atoms with Gasteiger partial charge in [0, 0.05) is 12.1 Å². The van der Waals surface area contributed by atoms with Crippen LogP contribution in [0.15, 0.2) is 64.9 Å². The first-order valence-electron chi connectivity index (χ1n) is 10.3. The molecule has 2 aromatic carbocycles. The molecule has 2 rings (SSSR count). The number of hydrogen-bond acceptors (Lipinski definition) is 6. The van der Waals surface area contributed by atoms with Crippen molar-refractivity contribution in [2.75, 3.05) is 13.7 Å². The van der Waals surface area contributed by atoms with Crippen LogP contribution < -0.4 is 15.8 Å². The Morgan fingerprint density at radius 2 is 1.75 bits per heavy atom. The number of benzene rings is 2. The van der Waals surface area contributed by atoms with Gasteiger partial charge in [0.25, 0.3) is 0 Å². The molecule has 0 heterocycles. The Hall–Kier alpha value is -3.79. The summed E-state index contributed by atoms with van der Waals surface area (Å²) >= 11 is 0. The van der Waals surface area contributed by atoms with E-state index in [9.17, 15) is 10.1 Å². The first-order chi connectivity index (χ1) is 15.2. The van der Waals surface area contributed by atoms with Gasteiger partial charge in [-0.25, -0.2) is 9.79 Å². The van der Waals surface area contributed by atoms with Gasteiger partial charge in [-0.15, -0.1) is 0 Å². The van der Waals surface area contributed by atoms with Crippen molar-refractivity contribution < 1.29 is 14.3 Å². The molecule has 0 fully saturated rings. The van der Waals surface area contributed by atoms with Crippen molar-refractivity contribution in [1.82, 2.24) is 5.32 Å². The Morgan fingerprint density at radius 1 is 1.12 bits per heavy atom. The number of rotatable bonds is 8. The van der Waals surface area contributed by atoms with E-state index in [1.807, 2.05) is 54.6 Å². The molecule has 0 aliphatic heterocycles. The van der Waals surface area contributed by atoms with Crippen LogP contribution in [0.5, 0.6) is 5.75 Å². The Balaban J connectivity index is 2.38. The molecule has 0 atom stereocenters. The lowest BCUT2D eigenvalue weighted by Crippen LogP contribution is -2.22. The van der Waals surface area contributed by atoms with Gasteiger partial charge in [-0.05, 0) is 35.6 Å². The van der Waals surface area contributed by atoms with Gasteiger partial charge >= 0.3 is 5.97 Å². The van der Waals surface area contributed by atoms with Crippen molar-refractivity contribution in [3.63, 3.8) is 0 Å². The van der Waals surface area contributed by atoms with E-state index < -0.39 is 5.97 Å². The molecule has 0 radical (unpaired) electrons. The van der Waals surface area contributed by atoms with Crippen LogP contribution in [0, 0.1) is 11.3 Å². The number of nitriles is 1. The maximum Gasteiger partial charge on any atom is 0.352 e. The molecule has 168 valence electrons. The molecule has 0 aliphatic carbocycles. The number of carbonyl (C=O) groups is 1. The predicted octanol–water partition coefficient (Wildman–Crippen LogP) is 3.79. The highest BCUT2D eigenvalue weighted by atomic mass is 16.5. The quantitative estimate of drug-likeness (QED) is 0.215. The molecule has 7 heteroatoms. The van der Waals surface area contributed by atoms with Crippen LogP contribution >= 0.6 is 0 Å². The standard InChI is InChI=1S/C25H30N4O3/c1-6-32-24(30)21(15-26)23(28-16-17-7-13-20(31-5)14-8-17)29-22(27)18-9-11-19(12-10-18)25(2,3)4/h7-14,28H,6,16H2,1-5H3,(H2,27,29)/b23-21-. The van der Waals surface area contributed by atoms with E-state index in [1.165, 1.54) is 0 Å². The third-order valence-electron chi connectivity index (χ3n) is 4.73. The minimum atomic E-state index is -0.758.